The van der Waals surface area contributed by atoms with Gasteiger partial charge in [-0.25, -0.2) is 13.2 Å². The Bertz CT molecular complexity index is 600. The Kier molecular flexibility index (Phi) is 3.90. The maximum atomic E-state index is 13.5. The second-order valence-corrected chi connectivity index (χ2v) is 4.37. The van der Waals surface area contributed by atoms with E-state index in [1.807, 2.05) is 0 Å². The molecule has 19 heavy (non-hydrogen) atoms. The minimum Gasteiger partial charge on any atom is -0.294 e. The topological polar surface area (TPSA) is 17.1 Å². The van der Waals surface area contributed by atoms with E-state index in [-0.39, 0.29) is 22.6 Å². The van der Waals surface area contributed by atoms with Gasteiger partial charge >= 0.3 is 0 Å². The van der Waals surface area contributed by atoms with Crippen molar-refractivity contribution in [1.82, 2.24) is 0 Å². The van der Waals surface area contributed by atoms with Crippen LogP contribution in [0.2, 0.25) is 5.02 Å². The van der Waals surface area contributed by atoms with E-state index in [1.54, 1.807) is 0 Å². The SMILES string of the molecule is O=C(Cc1c(F)cccc1Cl)c1cc(F)cc(F)c1. The summed E-state index contributed by atoms with van der Waals surface area (Å²) in [6, 6.07) is 6.49. The van der Waals surface area contributed by atoms with Crippen LogP contribution in [0.1, 0.15) is 15.9 Å². The quantitative estimate of drug-likeness (QED) is 0.773. The van der Waals surface area contributed by atoms with E-state index >= 15 is 0 Å². The smallest absolute Gasteiger partial charge is 0.167 e. The van der Waals surface area contributed by atoms with E-state index in [4.69, 9.17) is 11.6 Å². The molecule has 0 aromatic heterocycles. The first-order valence-corrected chi connectivity index (χ1v) is 5.77. The number of benzene rings is 2. The third-order valence-corrected chi connectivity index (χ3v) is 2.94. The fourth-order valence-corrected chi connectivity index (χ4v) is 1.91. The van der Waals surface area contributed by atoms with Crippen molar-refractivity contribution in [2.24, 2.45) is 0 Å². The summed E-state index contributed by atoms with van der Waals surface area (Å²) in [5.41, 5.74) is -0.143. The van der Waals surface area contributed by atoms with Crippen molar-refractivity contribution in [3.8, 4) is 0 Å². The molecule has 0 saturated carbocycles. The molecule has 2 aromatic carbocycles. The second kappa shape index (κ2) is 5.45. The van der Waals surface area contributed by atoms with Crippen LogP contribution in [-0.2, 0) is 6.42 Å². The molecule has 0 bridgehead atoms. The van der Waals surface area contributed by atoms with Crippen LogP contribution in [0.15, 0.2) is 36.4 Å². The predicted molar refractivity (Wildman–Crippen MR) is 65.8 cm³/mol. The van der Waals surface area contributed by atoms with Gasteiger partial charge in [0.1, 0.15) is 17.5 Å². The number of hydrogen-bond acceptors (Lipinski definition) is 1. The van der Waals surface area contributed by atoms with E-state index in [0.29, 0.717) is 6.07 Å². The van der Waals surface area contributed by atoms with E-state index in [2.05, 4.69) is 0 Å². The highest BCUT2D eigenvalue weighted by molar-refractivity contribution is 6.31. The summed E-state index contributed by atoms with van der Waals surface area (Å²) in [7, 11) is 0. The first-order valence-electron chi connectivity index (χ1n) is 5.39. The van der Waals surface area contributed by atoms with Crippen LogP contribution in [0, 0.1) is 17.5 Å². The fraction of sp³-hybridized carbons (Fsp3) is 0.0714. The molecule has 1 nitrogen and oxygen atoms in total. The number of rotatable bonds is 3. The number of Topliss-reactive ketones (excluding diaryl/α,β-unsaturated/α-hetero) is 1. The highest BCUT2D eigenvalue weighted by Gasteiger charge is 2.15. The molecule has 0 aliphatic carbocycles. The van der Waals surface area contributed by atoms with Crippen molar-refractivity contribution in [3.63, 3.8) is 0 Å². The van der Waals surface area contributed by atoms with Gasteiger partial charge in [-0.1, -0.05) is 17.7 Å². The van der Waals surface area contributed by atoms with Crippen molar-refractivity contribution in [2.45, 2.75) is 6.42 Å². The minimum atomic E-state index is -0.858. The maximum absolute atomic E-state index is 13.5. The Morgan fingerprint density at radius 2 is 1.68 bits per heavy atom. The molecule has 0 atom stereocenters. The molecule has 5 heteroatoms. The Balaban J connectivity index is 2.31. The summed E-state index contributed by atoms with van der Waals surface area (Å²) in [6.45, 7) is 0. The zero-order valence-corrected chi connectivity index (χ0v) is 10.3. The zero-order valence-electron chi connectivity index (χ0n) is 9.59. The zero-order chi connectivity index (χ0) is 14.0. The van der Waals surface area contributed by atoms with E-state index in [0.717, 1.165) is 12.1 Å². The number of carbonyl (C=O) groups excluding carboxylic acids is 1. The standard InChI is InChI=1S/C14H8ClF3O/c15-12-2-1-3-13(18)11(12)7-14(19)8-4-9(16)6-10(17)5-8/h1-6H,7H2. The number of halogens is 4. The Morgan fingerprint density at radius 1 is 1.05 bits per heavy atom. The van der Waals surface area contributed by atoms with Gasteiger partial charge in [0, 0.05) is 28.6 Å². The number of ketones is 1. The lowest BCUT2D eigenvalue weighted by molar-refractivity contribution is 0.0991. The van der Waals surface area contributed by atoms with E-state index < -0.39 is 23.2 Å². The van der Waals surface area contributed by atoms with Gasteiger partial charge in [0.15, 0.2) is 5.78 Å². The van der Waals surface area contributed by atoms with Gasteiger partial charge in [-0.05, 0) is 24.3 Å². The number of carbonyl (C=O) groups is 1. The van der Waals surface area contributed by atoms with Gasteiger partial charge in [-0.2, -0.15) is 0 Å². The highest BCUT2D eigenvalue weighted by atomic mass is 35.5. The van der Waals surface area contributed by atoms with Gasteiger partial charge in [0.2, 0.25) is 0 Å². The first kappa shape index (κ1) is 13.6. The third kappa shape index (κ3) is 3.15. The van der Waals surface area contributed by atoms with Crippen molar-refractivity contribution in [2.75, 3.05) is 0 Å². The lowest BCUT2D eigenvalue weighted by atomic mass is 10.0. The van der Waals surface area contributed by atoms with E-state index in [9.17, 15) is 18.0 Å². The molecule has 0 amide bonds. The highest BCUT2D eigenvalue weighted by Crippen LogP contribution is 2.21. The van der Waals surface area contributed by atoms with Crippen LogP contribution in [0.4, 0.5) is 13.2 Å². The molecule has 0 aliphatic rings. The van der Waals surface area contributed by atoms with Crippen molar-refractivity contribution < 1.29 is 18.0 Å². The van der Waals surface area contributed by atoms with Crippen molar-refractivity contribution in [3.05, 3.63) is 70.0 Å². The summed E-state index contributed by atoms with van der Waals surface area (Å²) in [5.74, 6) is -2.95. The van der Waals surface area contributed by atoms with Crippen LogP contribution in [0.3, 0.4) is 0 Å². The van der Waals surface area contributed by atoms with Gasteiger partial charge in [0.05, 0.1) is 0 Å². The molecular formula is C14H8ClF3O. The lowest BCUT2D eigenvalue weighted by Gasteiger charge is -2.05. The summed E-state index contributed by atoms with van der Waals surface area (Å²) >= 11 is 5.78. The van der Waals surface area contributed by atoms with Crippen LogP contribution in [0.5, 0.6) is 0 Å². The summed E-state index contributed by atoms with van der Waals surface area (Å²) < 4.78 is 39.5. The molecule has 0 heterocycles. The summed E-state index contributed by atoms with van der Waals surface area (Å²) in [4.78, 5) is 11.9. The molecular weight excluding hydrogens is 277 g/mol. The molecule has 98 valence electrons. The molecule has 2 aromatic rings. The molecule has 2 rings (SSSR count). The van der Waals surface area contributed by atoms with Gasteiger partial charge in [0.25, 0.3) is 0 Å². The molecule has 0 spiro atoms. The summed E-state index contributed by atoms with van der Waals surface area (Å²) in [6.07, 6.45) is -0.353. The van der Waals surface area contributed by atoms with Gasteiger partial charge in [-0.3, -0.25) is 4.79 Å². The van der Waals surface area contributed by atoms with Crippen LogP contribution in [0.25, 0.3) is 0 Å². The summed E-state index contributed by atoms with van der Waals surface area (Å²) in [5, 5.41) is 0.102. The fourth-order valence-electron chi connectivity index (χ4n) is 1.68. The Hall–Kier alpha value is -1.81. The van der Waals surface area contributed by atoms with Crippen LogP contribution in [-0.4, -0.2) is 5.78 Å². The molecule has 0 unspecified atom stereocenters. The average Bonchev–Trinajstić information content (AvgIpc) is 2.32. The van der Waals surface area contributed by atoms with Gasteiger partial charge in [-0.15, -0.1) is 0 Å². The maximum Gasteiger partial charge on any atom is 0.167 e. The average molecular weight is 285 g/mol. The lowest BCUT2D eigenvalue weighted by Crippen LogP contribution is -2.07. The Morgan fingerprint density at radius 3 is 2.26 bits per heavy atom. The normalized spacial score (nSPS) is 10.5. The minimum absolute atomic E-state index is 0.0128. The van der Waals surface area contributed by atoms with E-state index in [1.165, 1.54) is 18.2 Å². The Labute approximate surface area is 112 Å². The van der Waals surface area contributed by atoms with Crippen LogP contribution >= 0.6 is 11.6 Å². The van der Waals surface area contributed by atoms with Crippen LogP contribution < -0.4 is 0 Å². The molecule has 0 N–H and O–H groups in total. The molecule has 0 fully saturated rings. The second-order valence-electron chi connectivity index (χ2n) is 3.96. The third-order valence-electron chi connectivity index (χ3n) is 2.58. The predicted octanol–water partition coefficient (Wildman–Crippen LogP) is 4.18. The number of hydrogen-bond donors (Lipinski definition) is 0. The van der Waals surface area contributed by atoms with Crippen molar-refractivity contribution in [1.29, 1.82) is 0 Å². The largest absolute Gasteiger partial charge is 0.294 e. The molecule has 0 aliphatic heterocycles. The monoisotopic (exact) mass is 284 g/mol. The molecule has 0 saturated heterocycles. The van der Waals surface area contributed by atoms with Crippen molar-refractivity contribution >= 4 is 17.4 Å². The first-order chi connectivity index (χ1) is 8.97. The van der Waals surface area contributed by atoms with Gasteiger partial charge < -0.3 is 0 Å². The molecule has 0 radical (unpaired) electrons.